The van der Waals surface area contributed by atoms with Crippen molar-refractivity contribution in [1.82, 2.24) is 10.2 Å². The molecule has 0 bridgehead atoms. The minimum absolute atomic E-state index is 0.122. The Bertz CT molecular complexity index is 636. The van der Waals surface area contributed by atoms with Crippen LogP contribution in [0.25, 0.3) is 0 Å². The lowest BCUT2D eigenvalue weighted by Crippen LogP contribution is -2.14. The van der Waals surface area contributed by atoms with E-state index in [0.29, 0.717) is 12.5 Å². The number of thioether (sulfide) groups is 1. The van der Waals surface area contributed by atoms with Crippen molar-refractivity contribution in [2.75, 3.05) is 18.2 Å². The summed E-state index contributed by atoms with van der Waals surface area (Å²) in [7, 11) is 0. The summed E-state index contributed by atoms with van der Waals surface area (Å²) < 4.78 is 10.9. The van der Waals surface area contributed by atoms with Crippen molar-refractivity contribution < 1.29 is 13.9 Å². The predicted octanol–water partition coefficient (Wildman–Crippen LogP) is 2.82. The molecule has 2 aromatic rings. The van der Waals surface area contributed by atoms with Crippen LogP contribution in [0.4, 0.5) is 6.01 Å². The van der Waals surface area contributed by atoms with Crippen molar-refractivity contribution in [2.24, 2.45) is 0 Å². The second-order valence-electron chi connectivity index (χ2n) is 5.02. The molecule has 2 heterocycles. The van der Waals surface area contributed by atoms with Gasteiger partial charge >= 0.3 is 6.01 Å². The Morgan fingerprint density at radius 3 is 2.86 bits per heavy atom. The average molecular weight is 319 g/mol. The lowest BCUT2D eigenvalue weighted by Gasteiger charge is -2.03. The summed E-state index contributed by atoms with van der Waals surface area (Å²) >= 11 is 1.67. The summed E-state index contributed by atoms with van der Waals surface area (Å²) in [6, 6.07) is 8.00. The molecule has 116 valence electrons. The number of hydrogen-bond acceptors (Lipinski definition) is 6. The number of carbonyl (C=O) groups excluding carboxylic acids is 1. The number of rotatable bonds is 5. The van der Waals surface area contributed by atoms with Crippen molar-refractivity contribution >= 4 is 23.7 Å². The van der Waals surface area contributed by atoms with Gasteiger partial charge in [0, 0.05) is 11.5 Å². The Morgan fingerprint density at radius 1 is 1.36 bits per heavy atom. The van der Waals surface area contributed by atoms with E-state index in [0.717, 1.165) is 18.4 Å². The van der Waals surface area contributed by atoms with E-state index in [9.17, 15) is 4.79 Å². The summed E-state index contributed by atoms with van der Waals surface area (Å²) in [5.41, 5.74) is 0.939. The summed E-state index contributed by atoms with van der Waals surface area (Å²) in [5.74, 6) is 0.247. The third-order valence-electron chi connectivity index (χ3n) is 3.42. The van der Waals surface area contributed by atoms with Crippen LogP contribution < -0.4 is 5.32 Å². The van der Waals surface area contributed by atoms with Crippen molar-refractivity contribution in [3.63, 3.8) is 0 Å². The van der Waals surface area contributed by atoms with E-state index in [4.69, 9.17) is 9.15 Å². The van der Waals surface area contributed by atoms with Gasteiger partial charge in [-0.1, -0.05) is 17.2 Å². The minimum Gasteiger partial charge on any atom is -0.405 e. The first kappa shape index (κ1) is 15.1. The molecule has 1 N–H and O–H groups in total. The third-order valence-corrected chi connectivity index (χ3v) is 4.16. The number of benzene rings is 1. The zero-order valence-electron chi connectivity index (χ0n) is 12.2. The average Bonchev–Trinajstić information content (AvgIpc) is 3.19. The van der Waals surface area contributed by atoms with Crippen LogP contribution in [0.3, 0.4) is 0 Å². The summed E-state index contributed by atoms with van der Waals surface area (Å²) in [4.78, 5) is 13.2. The van der Waals surface area contributed by atoms with Gasteiger partial charge in [0.2, 0.25) is 11.8 Å². The molecule has 1 unspecified atom stereocenters. The van der Waals surface area contributed by atoms with Crippen LogP contribution in [0.2, 0.25) is 0 Å². The molecule has 22 heavy (non-hydrogen) atoms. The fourth-order valence-corrected chi connectivity index (χ4v) is 2.69. The molecular weight excluding hydrogens is 302 g/mol. The Balaban J connectivity index is 1.56. The van der Waals surface area contributed by atoms with Gasteiger partial charge in [0.25, 0.3) is 0 Å². The van der Waals surface area contributed by atoms with Crippen LogP contribution in [-0.2, 0) is 16.0 Å². The van der Waals surface area contributed by atoms with Gasteiger partial charge < -0.3 is 9.15 Å². The van der Waals surface area contributed by atoms with Crippen LogP contribution in [0.1, 0.15) is 30.4 Å². The molecule has 1 aliphatic heterocycles. The van der Waals surface area contributed by atoms with Crippen LogP contribution in [0, 0.1) is 0 Å². The highest BCUT2D eigenvalue weighted by molar-refractivity contribution is 7.98. The van der Waals surface area contributed by atoms with E-state index < -0.39 is 0 Å². The number of hydrogen-bond donors (Lipinski definition) is 1. The van der Waals surface area contributed by atoms with Gasteiger partial charge in [0.15, 0.2) is 0 Å². The van der Waals surface area contributed by atoms with E-state index in [1.807, 2.05) is 30.5 Å². The molecule has 7 heteroatoms. The van der Waals surface area contributed by atoms with Crippen LogP contribution in [0.5, 0.6) is 0 Å². The summed E-state index contributed by atoms with van der Waals surface area (Å²) in [5, 5.41) is 10.4. The normalized spacial score (nSPS) is 17.6. The van der Waals surface area contributed by atoms with Gasteiger partial charge in [-0.2, -0.15) is 0 Å². The smallest absolute Gasteiger partial charge is 0.322 e. The number of aromatic nitrogens is 2. The molecule has 1 amide bonds. The topological polar surface area (TPSA) is 77.2 Å². The maximum atomic E-state index is 12.0. The number of nitrogens with zero attached hydrogens (tertiary/aromatic N) is 2. The van der Waals surface area contributed by atoms with Gasteiger partial charge in [0.05, 0.1) is 6.42 Å². The summed E-state index contributed by atoms with van der Waals surface area (Å²) in [6.45, 7) is 0.709. The van der Waals surface area contributed by atoms with Crippen molar-refractivity contribution in [3.05, 3.63) is 35.7 Å². The van der Waals surface area contributed by atoms with Crippen LogP contribution >= 0.6 is 11.8 Å². The van der Waals surface area contributed by atoms with E-state index in [-0.39, 0.29) is 24.4 Å². The maximum absolute atomic E-state index is 12.0. The fraction of sp³-hybridized carbons (Fsp3) is 0.400. The van der Waals surface area contributed by atoms with Crippen molar-refractivity contribution in [3.8, 4) is 0 Å². The molecule has 1 aromatic heterocycles. The van der Waals surface area contributed by atoms with E-state index in [1.54, 1.807) is 11.8 Å². The molecule has 6 nitrogen and oxygen atoms in total. The van der Waals surface area contributed by atoms with E-state index in [1.165, 1.54) is 4.90 Å². The first-order chi connectivity index (χ1) is 10.7. The number of amides is 1. The fourth-order valence-electron chi connectivity index (χ4n) is 2.28. The molecule has 1 atom stereocenters. The van der Waals surface area contributed by atoms with E-state index >= 15 is 0 Å². The maximum Gasteiger partial charge on any atom is 0.322 e. The first-order valence-electron chi connectivity index (χ1n) is 7.12. The molecule has 0 aliphatic carbocycles. The Morgan fingerprint density at radius 2 is 2.18 bits per heavy atom. The Labute approximate surface area is 132 Å². The van der Waals surface area contributed by atoms with Gasteiger partial charge in [-0.15, -0.1) is 16.9 Å². The number of carbonyl (C=O) groups is 1. The lowest BCUT2D eigenvalue weighted by atomic mass is 10.1. The molecule has 1 saturated heterocycles. The number of anilines is 1. The molecular formula is C15H17N3O3S. The van der Waals surface area contributed by atoms with Gasteiger partial charge in [-0.05, 0) is 36.8 Å². The highest BCUT2D eigenvalue weighted by atomic mass is 32.2. The highest BCUT2D eigenvalue weighted by Crippen LogP contribution is 2.28. The zero-order chi connectivity index (χ0) is 15.4. The zero-order valence-corrected chi connectivity index (χ0v) is 13.1. The van der Waals surface area contributed by atoms with E-state index in [2.05, 4.69) is 15.5 Å². The summed E-state index contributed by atoms with van der Waals surface area (Å²) in [6.07, 6.45) is 4.00. The Hall–Kier alpha value is -1.86. The number of ether oxygens (including phenoxy) is 1. The SMILES string of the molecule is CSc1ccc(CC(=O)Nc2nnc(C3CCCO3)o2)cc1. The predicted molar refractivity (Wildman–Crippen MR) is 82.8 cm³/mol. The molecule has 1 aromatic carbocycles. The standard InChI is InChI=1S/C15H17N3O3S/c1-22-11-6-4-10(5-7-11)9-13(19)16-15-18-17-14(21-15)12-3-2-8-20-12/h4-7,12H,2-3,8-9H2,1H3,(H,16,18,19). The molecule has 3 rings (SSSR count). The minimum atomic E-state index is -0.181. The first-order valence-corrected chi connectivity index (χ1v) is 8.35. The Kier molecular flexibility index (Phi) is 4.74. The molecule has 1 fully saturated rings. The third kappa shape index (κ3) is 3.66. The molecule has 0 spiro atoms. The molecule has 0 radical (unpaired) electrons. The highest BCUT2D eigenvalue weighted by Gasteiger charge is 2.24. The second-order valence-corrected chi connectivity index (χ2v) is 5.90. The number of nitrogens with one attached hydrogen (secondary N) is 1. The van der Waals surface area contributed by atoms with Gasteiger partial charge in [-0.25, -0.2) is 0 Å². The largest absolute Gasteiger partial charge is 0.405 e. The van der Waals surface area contributed by atoms with Gasteiger partial charge in [-0.3, -0.25) is 10.1 Å². The van der Waals surface area contributed by atoms with Gasteiger partial charge in [0.1, 0.15) is 6.10 Å². The monoisotopic (exact) mass is 319 g/mol. The van der Waals surface area contributed by atoms with Crippen LogP contribution in [0.15, 0.2) is 33.6 Å². The van der Waals surface area contributed by atoms with Crippen molar-refractivity contribution in [2.45, 2.75) is 30.3 Å². The quantitative estimate of drug-likeness (QED) is 0.854. The lowest BCUT2D eigenvalue weighted by molar-refractivity contribution is -0.115. The molecule has 1 aliphatic rings. The van der Waals surface area contributed by atoms with Crippen LogP contribution in [-0.4, -0.2) is 29.0 Å². The molecule has 0 saturated carbocycles. The second kappa shape index (κ2) is 6.93. The van der Waals surface area contributed by atoms with Crippen molar-refractivity contribution in [1.29, 1.82) is 0 Å².